The van der Waals surface area contributed by atoms with E-state index in [-0.39, 0.29) is 11.3 Å². The van der Waals surface area contributed by atoms with E-state index in [1.54, 1.807) is 30.3 Å². The van der Waals surface area contributed by atoms with Crippen LogP contribution < -0.4 is 5.43 Å². The predicted molar refractivity (Wildman–Crippen MR) is 134 cm³/mol. The van der Waals surface area contributed by atoms with Gasteiger partial charge in [-0.15, -0.1) is 0 Å². The molecule has 1 amide bonds. The lowest BCUT2D eigenvalue weighted by molar-refractivity contribution is 0.0696. The van der Waals surface area contributed by atoms with Gasteiger partial charge in [0.05, 0.1) is 21.0 Å². The van der Waals surface area contributed by atoms with Crippen molar-refractivity contribution in [2.24, 2.45) is 5.10 Å². The maximum atomic E-state index is 12.5. The third-order valence-corrected chi connectivity index (χ3v) is 6.23. The summed E-state index contributed by atoms with van der Waals surface area (Å²) in [4.78, 5) is 24.1. The minimum atomic E-state index is -0.997. The first-order valence-corrected chi connectivity index (χ1v) is 11.4. The van der Waals surface area contributed by atoms with Crippen molar-refractivity contribution >= 4 is 67.6 Å². The monoisotopic (exact) mass is 605 g/mol. The van der Waals surface area contributed by atoms with Gasteiger partial charge in [-0.25, -0.2) is 10.2 Å². The second kappa shape index (κ2) is 8.91. The molecule has 0 atom stereocenters. The second-order valence-corrected chi connectivity index (χ2v) is 9.18. The quantitative estimate of drug-likeness (QED) is 0.174. The number of hydrogen-bond acceptors (Lipinski definition) is 4. The predicted octanol–water partition coefficient (Wildman–Crippen LogP) is 5.67. The first-order valence-electron chi connectivity index (χ1n) is 9.50. The standard InChI is InChI=1S/C23H17BrIN3O4/c1-12-7-15(13(2)28(12)19-6-4-3-5-17(19)23(30)31)11-26-27-22(29)20-9-14-8-16(24)10-18(25)21(14)32-20/h3-11H,1-2H3,(H,27,29)(H,30,31)/b26-11-. The third kappa shape index (κ3) is 4.22. The Labute approximate surface area is 205 Å². The van der Waals surface area contributed by atoms with E-state index in [0.717, 1.165) is 30.4 Å². The largest absolute Gasteiger partial charge is 0.478 e. The van der Waals surface area contributed by atoms with Crippen LogP contribution in [0.1, 0.15) is 37.9 Å². The molecule has 2 N–H and O–H groups in total. The van der Waals surface area contributed by atoms with Crippen molar-refractivity contribution in [1.82, 2.24) is 9.99 Å². The summed E-state index contributed by atoms with van der Waals surface area (Å²) in [7, 11) is 0. The van der Waals surface area contributed by atoms with Crippen LogP contribution in [-0.4, -0.2) is 27.8 Å². The van der Waals surface area contributed by atoms with Crippen molar-refractivity contribution in [3.8, 4) is 5.69 Å². The van der Waals surface area contributed by atoms with Crippen molar-refractivity contribution in [2.75, 3.05) is 0 Å². The van der Waals surface area contributed by atoms with E-state index >= 15 is 0 Å². The van der Waals surface area contributed by atoms with E-state index in [2.05, 4.69) is 49.0 Å². The van der Waals surface area contributed by atoms with E-state index in [1.807, 2.05) is 36.6 Å². The molecule has 4 aromatic rings. The second-order valence-electron chi connectivity index (χ2n) is 7.10. The van der Waals surface area contributed by atoms with Crippen LogP contribution in [-0.2, 0) is 0 Å². The fraction of sp³-hybridized carbons (Fsp3) is 0.0870. The Morgan fingerprint density at radius 2 is 1.94 bits per heavy atom. The Morgan fingerprint density at radius 3 is 2.69 bits per heavy atom. The number of aromatic carboxylic acids is 1. The summed E-state index contributed by atoms with van der Waals surface area (Å²) in [6.07, 6.45) is 1.53. The molecule has 7 nitrogen and oxygen atoms in total. The number of halogens is 2. The minimum Gasteiger partial charge on any atom is -0.478 e. The number of hydrogen-bond donors (Lipinski definition) is 2. The van der Waals surface area contributed by atoms with Gasteiger partial charge in [0.1, 0.15) is 5.58 Å². The first kappa shape index (κ1) is 22.3. The smallest absolute Gasteiger partial charge is 0.337 e. The van der Waals surface area contributed by atoms with Gasteiger partial charge in [0.2, 0.25) is 0 Å². The highest BCUT2D eigenvalue weighted by Gasteiger charge is 2.17. The molecule has 32 heavy (non-hydrogen) atoms. The first-order chi connectivity index (χ1) is 15.3. The molecule has 2 heterocycles. The topological polar surface area (TPSA) is 96.8 Å². The lowest BCUT2D eigenvalue weighted by atomic mass is 10.1. The number of nitrogens with one attached hydrogen (secondary N) is 1. The molecule has 2 aromatic carbocycles. The number of carbonyl (C=O) groups is 2. The fourth-order valence-corrected chi connectivity index (χ4v) is 5.20. The van der Waals surface area contributed by atoms with Crippen molar-refractivity contribution in [3.63, 3.8) is 0 Å². The molecule has 0 saturated carbocycles. The Kier molecular flexibility index (Phi) is 6.20. The number of aryl methyl sites for hydroxylation is 1. The van der Waals surface area contributed by atoms with Crippen molar-refractivity contribution < 1.29 is 19.1 Å². The highest BCUT2D eigenvalue weighted by Crippen LogP contribution is 2.28. The number of rotatable bonds is 5. The molecule has 0 radical (unpaired) electrons. The lowest BCUT2D eigenvalue weighted by Crippen LogP contribution is -2.16. The number of benzene rings is 2. The van der Waals surface area contributed by atoms with Gasteiger partial charge in [0.15, 0.2) is 5.76 Å². The summed E-state index contributed by atoms with van der Waals surface area (Å²) < 4.78 is 9.33. The van der Waals surface area contributed by atoms with E-state index in [1.165, 1.54) is 6.21 Å². The average Bonchev–Trinajstić information content (AvgIpc) is 3.29. The number of nitrogens with zero attached hydrogens (tertiary/aromatic N) is 2. The fourth-order valence-electron chi connectivity index (χ4n) is 3.54. The Hall–Kier alpha value is -2.92. The van der Waals surface area contributed by atoms with Crippen LogP contribution in [0.15, 0.2) is 62.5 Å². The summed E-state index contributed by atoms with van der Waals surface area (Å²) in [5, 5.41) is 14.4. The normalized spacial score (nSPS) is 11.4. The molecule has 4 rings (SSSR count). The van der Waals surface area contributed by atoms with E-state index in [0.29, 0.717) is 11.3 Å². The summed E-state index contributed by atoms with van der Waals surface area (Å²) in [5.41, 5.74) is 6.31. The van der Waals surface area contributed by atoms with Gasteiger partial charge in [0.25, 0.3) is 0 Å². The summed E-state index contributed by atoms with van der Waals surface area (Å²) >= 11 is 5.59. The molecule has 0 unspecified atom stereocenters. The van der Waals surface area contributed by atoms with Gasteiger partial charge in [-0.3, -0.25) is 4.79 Å². The van der Waals surface area contributed by atoms with Crippen LogP contribution >= 0.6 is 38.5 Å². The zero-order valence-corrected chi connectivity index (χ0v) is 20.8. The Balaban J connectivity index is 1.58. The van der Waals surface area contributed by atoms with Crippen LogP contribution in [0.3, 0.4) is 0 Å². The maximum Gasteiger partial charge on any atom is 0.337 e. The molecule has 9 heteroatoms. The van der Waals surface area contributed by atoms with Gasteiger partial charge in [-0.2, -0.15) is 5.10 Å². The molecule has 0 fully saturated rings. The van der Waals surface area contributed by atoms with E-state index < -0.39 is 11.9 Å². The number of carboxylic acid groups (broad SMARTS) is 1. The SMILES string of the molecule is Cc1cc(/C=N\NC(=O)c2cc3cc(Br)cc(I)c3o2)c(C)n1-c1ccccc1C(=O)O. The molecule has 0 aliphatic heterocycles. The zero-order valence-electron chi connectivity index (χ0n) is 17.0. The highest BCUT2D eigenvalue weighted by atomic mass is 127. The van der Waals surface area contributed by atoms with E-state index in [9.17, 15) is 14.7 Å². The summed E-state index contributed by atoms with van der Waals surface area (Å²) in [5.74, 6) is -1.30. The number of aromatic nitrogens is 1. The molecule has 0 aliphatic rings. The molecule has 162 valence electrons. The van der Waals surface area contributed by atoms with Crippen molar-refractivity contribution in [1.29, 1.82) is 0 Å². The average molecular weight is 606 g/mol. The van der Waals surface area contributed by atoms with E-state index in [4.69, 9.17) is 4.42 Å². The molecule has 2 aromatic heterocycles. The number of hydrazone groups is 1. The number of fused-ring (bicyclic) bond motifs is 1. The molecular weight excluding hydrogens is 589 g/mol. The number of amides is 1. The summed E-state index contributed by atoms with van der Waals surface area (Å²) in [6, 6.07) is 14.1. The number of carbonyl (C=O) groups excluding carboxylic acids is 1. The zero-order chi connectivity index (χ0) is 23.0. The van der Waals surface area contributed by atoms with Crippen LogP contribution in [0.25, 0.3) is 16.7 Å². The van der Waals surface area contributed by atoms with Gasteiger partial charge in [-0.1, -0.05) is 28.1 Å². The molecule has 0 bridgehead atoms. The van der Waals surface area contributed by atoms with Gasteiger partial charge >= 0.3 is 11.9 Å². The van der Waals surface area contributed by atoms with Crippen LogP contribution in [0.4, 0.5) is 0 Å². The van der Waals surface area contributed by atoms with Crippen LogP contribution in [0, 0.1) is 17.4 Å². The number of carboxylic acids is 1. The maximum absolute atomic E-state index is 12.5. The molecule has 0 spiro atoms. The lowest BCUT2D eigenvalue weighted by Gasteiger charge is -2.12. The van der Waals surface area contributed by atoms with Crippen LogP contribution in [0.5, 0.6) is 0 Å². The minimum absolute atomic E-state index is 0.161. The Bertz CT molecular complexity index is 1400. The highest BCUT2D eigenvalue weighted by molar-refractivity contribution is 14.1. The molecule has 0 saturated heterocycles. The Morgan fingerprint density at radius 1 is 1.19 bits per heavy atom. The van der Waals surface area contributed by atoms with Gasteiger partial charge in [0, 0.05) is 26.8 Å². The number of furan rings is 1. The van der Waals surface area contributed by atoms with Gasteiger partial charge < -0.3 is 14.1 Å². The van der Waals surface area contributed by atoms with Crippen molar-refractivity contribution in [3.05, 3.63) is 84.8 Å². The van der Waals surface area contributed by atoms with Crippen LogP contribution in [0.2, 0.25) is 0 Å². The molecule has 0 aliphatic carbocycles. The third-order valence-electron chi connectivity index (χ3n) is 4.97. The van der Waals surface area contributed by atoms with Crippen molar-refractivity contribution in [2.45, 2.75) is 13.8 Å². The van der Waals surface area contributed by atoms with Gasteiger partial charge in [-0.05, 0) is 72.8 Å². The molecular formula is C23H17BrIN3O4. The summed E-state index contributed by atoms with van der Waals surface area (Å²) in [6.45, 7) is 3.75. The number of para-hydroxylation sites is 1.